The minimum atomic E-state index is -1.92. The molecule has 0 bridgehead atoms. The van der Waals surface area contributed by atoms with E-state index in [1.807, 2.05) is 6.55 Å². The van der Waals surface area contributed by atoms with Gasteiger partial charge in [-0.15, -0.1) is 0 Å². The predicted molar refractivity (Wildman–Crippen MR) is 51.0 cm³/mol. The molecule has 0 aromatic rings. The van der Waals surface area contributed by atoms with Crippen LogP contribution in [0.3, 0.4) is 0 Å². The van der Waals surface area contributed by atoms with Crippen LogP contribution in [0.5, 0.6) is 0 Å². The maximum Gasteiger partial charge on any atom is 0.336 e. The van der Waals surface area contributed by atoms with Gasteiger partial charge in [0.25, 0.3) is 0 Å². The molecule has 78 valence electrons. The summed E-state index contributed by atoms with van der Waals surface area (Å²) < 4.78 is 21.2. The Morgan fingerprint density at radius 1 is 1.31 bits per heavy atom. The number of rotatable bonds is 6. The SMILES string of the molecule is CO[Si](C)(CCOC1COC1)OC. The van der Waals surface area contributed by atoms with Gasteiger partial charge in [-0.2, -0.15) is 0 Å². The normalized spacial score (nSPS) is 18.7. The third kappa shape index (κ3) is 3.36. The lowest BCUT2D eigenvalue weighted by Crippen LogP contribution is -2.40. The lowest BCUT2D eigenvalue weighted by atomic mass is 10.3. The first-order chi connectivity index (χ1) is 6.20. The van der Waals surface area contributed by atoms with E-state index in [0.29, 0.717) is 12.7 Å². The van der Waals surface area contributed by atoms with E-state index in [1.54, 1.807) is 14.2 Å². The molecule has 0 aromatic carbocycles. The quantitative estimate of drug-likeness (QED) is 0.601. The molecule has 4 nitrogen and oxygen atoms in total. The molecule has 1 heterocycles. The second-order valence-corrected chi connectivity index (χ2v) is 6.91. The van der Waals surface area contributed by atoms with Crippen molar-refractivity contribution in [2.45, 2.75) is 18.7 Å². The van der Waals surface area contributed by atoms with Crippen LogP contribution in [0.1, 0.15) is 0 Å². The van der Waals surface area contributed by atoms with Gasteiger partial charge < -0.3 is 18.3 Å². The number of hydrogen-bond acceptors (Lipinski definition) is 4. The van der Waals surface area contributed by atoms with Crippen LogP contribution in [0.2, 0.25) is 12.6 Å². The number of hydrogen-bond donors (Lipinski definition) is 0. The highest BCUT2D eigenvalue weighted by Gasteiger charge is 2.29. The summed E-state index contributed by atoms with van der Waals surface area (Å²) in [5, 5.41) is 0. The fourth-order valence-corrected chi connectivity index (χ4v) is 2.07. The van der Waals surface area contributed by atoms with Crippen molar-refractivity contribution in [1.29, 1.82) is 0 Å². The molecule has 1 fully saturated rings. The Labute approximate surface area is 80.4 Å². The van der Waals surface area contributed by atoms with Gasteiger partial charge in [-0.3, -0.25) is 0 Å². The third-order valence-electron chi connectivity index (χ3n) is 2.38. The molecule has 0 saturated carbocycles. The van der Waals surface area contributed by atoms with Gasteiger partial charge in [0.15, 0.2) is 0 Å². The van der Waals surface area contributed by atoms with E-state index in [1.165, 1.54) is 0 Å². The Kier molecular flexibility index (Phi) is 4.34. The zero-order chi connectivity index (χ0) is 9.73. The van der Waals surface area contributed by atoms with Crippen LogP contribution < -0.4 is 0 Å². The molecule has 1 saturated heterocycles. The van der Waals surface area contributed by atoms with Crippen LogP contribution in [-0.4, -0.2) is 48.7 Å². The molecule has 0 spiro atoms. The summed E-state index contributed by atoms with van der Waals surface area (Å²) in [6.07, 6.45) is 0.298. The van der Waals surface area contributed by atoms with Crippen molar-refractivity contribution >= 4 is 8.56 Å². The highest BCUT2D eigenvalue weighted by Crippen LogP contribution is 2.13. The molecule has 1 rings (SSSR count). The first-order valence-electron chi connectivity index (χ1n) is 4.50. The fourth-order valence-electron chi connectivity index (χ4n) is 1.01. The van der Waals surface area contributed by atoms with E-state index in [4.69, 9.17) is 18.3 Å². The Bertz CT molecular complexity index is 145. The lowest BCUT2D eigenvalue weighted by molar-refractivity contribution is -0.127. The molecular weight excluding hydrogens is 188 g/mol. The largest absolute Gasteiger partial charge is 0.398 e. The van der Waals surface area contributed by atoms with E-state index < -0.39 is 8.56 Å². The van der Waals surface area contributed by atoms with Gasteiger partial charge in [-0.05, 0) is 6.55 Å². The van der Waals surface area contributed by atoms with Crippen LogP contribution in [0.4, 0.5) is 0 Å². The van der Waals surface area contributed by atoms with E-state index in [-0.39, 0.29) is 0 Å². The minimum absolute atomic E-state index is 0.298. The summed E-state index contributed by atoms with van der Waals surface area (Å²) in [5.74, 6) is 0. The van der Waals surface area contributed by atoms with Gasteiger partial charge in [0, 0.05) is 26.9 Å². The summed E-state index contributed by atoms with van der Waals surface area (Å²) in [6.45, 7) is 4.21. The van der Waals surface area contributed by atoms with Crippen LogP contribution in [0.25, 0.3) is 0 Å². The average molecular weight is 206 g/mol. The molecule has 0 atom stereocenters. The first-order valence-corrected chi connectivity index (χ1v) is 7.02. The van der Waals surface area contributed by atoms with Crippen molar-refractivity contribution in [3.63, 3.8) is 0 Å². The zero-order valence-electron chi connectivity index (χ0n) is 8.54. The molecule has 13 heavy (non-hydrogen) atoms. The molecule has 0 aromatic heterocycles. The van der Waals surface area contributed by atoms with Crippen molar-refractivity contribution in [2.24, 2.45) is 0 Å². The van der Waals surface area contributed by atoms with Crippen LogP contribution in [-0.2, 0) is 18.3 Å². The number of ether oxygens (including phenoxy) is 2. The lowest BCUT2D eigenvalue weighted by Gasteiger charge is -2.28. The highest BCUT2D eigenvalue weighted by atomic mass is 28.4. The Balaban J connectivity index is 2.08. The second kappa shape index (κ2) is 5.07. The van der Waals surface area contributed by atoms with Crippen molar-refractivity contribution in [1.82, 2.24) is 0 Å². The molecule has 0 radical (unpaired) electrons. The Morgan fingerprint density at radius 2 is 1.92 bits per heavy atom. The monoisotopic (exact) mass is 206 g/mol. The van der Waals surface area contributed by atoms with Crippen LogP contribution in [0.15, 0.2) is 0 Å². The van der Waals surface area contributed by atoms with Crippen LogP contribution in [0, 0.1) is 0 Å². The Hall–Kier alpha value is 0.0569. The standard InChI is InChI=1S/C8H18O4Si/c1-9-13(3,10-2)5-4-12-8-6-11-7-8/h8H,4-7H2,1-3H3. The van der Waals surface area contributed by atoms with Gasteiger partial charge in [0.2, 0.25) is 0 Å². The highest BCUT2D eigenvalue weighted by molar-refractivity contribution is 6.65. The summed E-state index contributed by atoms with van der Waals surface area (Å²) in [5.41, 5.74) is 0. The average Bonchev–Trinajstić information content (AvgIpc) is 2.09. The van der Waals surface area contributed by atoms with E-state index in [0.717, 1.165) is 19.3 Å². The summed E-state index contributed by atoms with van der Waals surface area (Å²) >= 11 is 0. The van der Waals surface area contributed by atoms with Gasteiger partial charge in [0.05, 0.1) is 13.2 Å². The molecule has 1 aliphatic rings. The molecule has 0 aliphatic carbocycles. The second-order valence-electron chi connectivity index (χ2n) is 3.32. The van der Waals surface area contributed by atoms with Gasteiger partial charge in [0.1, 0.15) is 6.10 Å². The molecule has 0 amide bonds. The van der Waals surface area contributed by atoms with Crippen molar-refractivity contribution in [3.05, 3.63) is 0 Å². The first kappa shape index (κ1) is 11.1. The molecule has 5 heteroatoms. The minimum Gasteiger partial charge on any atom is -0.398 e. The van der Waals surface area contributed by atoms with Crippen molar-refractivity contribution in [2.75, 3.05) is 34.0 Å². The van der Waals surface area contributed by atoms with Crippen molar-refractivity contribution in [3.8, 4) is 0 Å². The maximum absolute atomic E-state index is 5.53. The molecule has 0 unspecified atom stereocenters. The summed E-state index contributed by atoms with van der Waals surface area (Å²) in [4.78, 5) is 0. The van der Waals surface area contributed by atoms with Crippen LogP contribution >= 0.6 is 0 Å². The molecule has 0 N–H and O–H groups in total. The molecular formula is C8H18O4Si. The predicted octanol–water partition coefficient (Wildman–Crippen LogP) is 0.767. The van der Waals surface area contributed by atoms with E-state index in [9.17, 15) is 0 Å². The fraction of sp³-hybridized carbons (Fsp3) is 1.00. The topological polar surface area (TPSA) is 36.9 Å². The van der Waals surface area contributed by atoms with Crippen molar-refractivity contribution < 1.29 is 18.3 Å². The van der Waals surface area contributed by atoms with Gasteiger partial charge >= 0.3 is 8.56 Å². The third-order valence-corrected chi connectivity index (χ3v) is 5.22. The molecule has 1 aliphatic heterocycles. The summed E-state index contributed by atoms with van der Waals surface area (Å²) in [7, 11) is 1.47. The van der Waals surface area contributed by atoms with E-state index in [2.05, 4.69) is 0 Å². The Morgan fingerprint density at radius 3 is 2.31 bits per heavy atom. The van der Waals surface area contributed by atoms with Gasteiger partial charge in [-0.1, -0.05) is 0 Å². The summed E-state index contributed by atoms with van der Waals surface area (Å²) in [6, 6.07) is 0.872. The smallest absolute Gasteiger partial charge is 0.336 e. The zero-order valence-corrected chi connectivity index (χ0v) is 9.54. The van der Waals surface area contributed by atoms with E-state index >= 15 is 0 Å². The maximum atomic E-state index is 5.53. The van der Waals surface area contributed by atoms with Gasteiger partial charge in [-0.25, -0.2) is 0 Å².